The molecule has 0 amide bonds. The summed E-state index contributed by atoms with van der Waals surface area (Å²) < 4.78 is 5.22. The predicted molar refractivity (Wildman–Crippen MR) is 104 cm³/mol. The summed E-state index contributed by atoms with van der Waals surface area (Å²) in [5.41, 5.74) is 4.03. The van der Waals surface area contributed by atoms with E-state index in [1.807, 2.05) is 66.7 Å². The van der Waals surface area contributed by atoms with E-state index in [1.54, 1.807) is 7.11 Å². The number of hydrogen-bond donors (Lipinski definition) is 2. The minimum absolute atomic E-state index is 0. The fourth-order valence-corrected chi connectivity index (χ4v) is 2.73. The molecule has 0 saturated heterocycles. The molecule has 0 aliphatic rings. The topological polar surface area (TPSA) is 35.2 Å². The number of ether oxygens (including phenoxy) is 1. The van der Waals surface area contributed by atoms with E-state index in [9.17, 15) is 0 Å². The summed E-state index contributed by atoms with van der Waals surface area (Å²) in [6.07, 6.45) is 0. The molecule has 0 saturated carbocycles. The van der Waals surface area contributed by atoms with Crippen LogP contribution in [0.2, 0.25) is 5.02 Å². The molecule has 3 rings (SSSR count). The van der Waals surface area contributed by atoms with Gasteiger partial charge in [0.2, 0.25) is 0 Å². The monoisotopic (exact) mass is 386 g/mol. The van der Waals surface area contributed by atoms with Crippen LogP contribution >= 0.6 is 11.6 Å². The predicted octanol–water partition coefficient (Wildman–Crippen LogP) is 0.932. The highest BCUT2D eigenvalue weighted by molar-refractivity contribution is 6.34. The van der Waals surface area contributed by atoms with Gasteiger partial charge >= 0.3 is 0 Å². The van der Waals surface area contributed by atoms with Crippen molar-refractivity contribution in [2.75, 3.05) is 12.4 Å². The number of rotatable bonds is 4. The molecule has 134 valence electrons. The number of hydrogen-bond acceptors (Lipinski definition) is 1. The van der Waals surface area contributed by atoms with Crippen LogP contribution in [0.1, 0.15) is 11.1 Å². The van der Waals surface area contributed by atoms with Gasteiger partial charge in [0.05, 0.1) is 17.7 Å². The fraction of sp³-hybridized carbons (Fsp3) is 0.0952. The molecule has 3 aromatic rings. The molecule has 5 heteroatoms. The molecular weight excluding hydrogens is 367 g/mol. The summed E-state index contributed by atoms with van der Waals surface area (Å²) in [5, 5.41) is 4.11. The highest BCUT2D eigenvalue weighted by atomic mass is 35.5. The lowest BCUT2D eigenvalue weighted by Crippen LogP contribution is -3.00. The van der Waals surface area contributed by atoms with Crippen molar-refractivity contribution in [1.82, 2.24) is 0 Å². The van der Waals surface area contributed by atoms with Crippen LogP contribution in [-0.2, 0) is 0 Å². The lowest BCUT2D eigenvalue weighted by Gasteiger charge is -2.07. The molecule has 0 aliphatic carbocycles. The van der Waals surface area contributed by atoms with Crippen LogP contribution in [0.15, 0.2) is 72.8 Å². The second kappa shape index (κ2) is 9.27. The fourth-order valence-electron chi connectivity index (χ4n) is 2.50. The second-order valence-corrected chi connectivity index (χ2v) is 6.06. The first-order valence-electron chi connectivity index (χ1n) is 8.03. The van der Waals surface area contributed by atoms with Crippen molar-refractivity contribution in [3.63, 3.8) is 0 Å². The molecule has 0 radical (unpaired) electrons. The molecule has 2 N–H and O–H groups in total. The number of methoxy groups -OCH3 is 1. The van der Waals surface area contributed by atoms with Crippen molar-refractivity contribution in [3.8, 4) is 5.75 Å². The van der Waals surface area contributed by atoms with Gasteiger partial charge in [-0.1, -0.05) is 41.9 Å². The molecule has 3 nitrogen and oxygen atoms in total. The number of para-hydroxylation sites is 1. The zero-order chi connectivity index (χ0) is 17.6. The minimum atomic E-state index is 0. The SMILES string of the molecule is COc1ccc(NC(=[NH+]c2ccccc2C)c2ccccc2Cl)cc1.[Cl-]. The lowest BCUT2D eigenvalue weighted by atomic mass is 10.1. The Bertz CT molecular complexity index is 893. The van der Waals surface area contributed by atoms with E-state index in [1.165, 1.54) is 0 Å². The van der Waals surface area contributed by atoms with Crippen molar-refractivity contribution < 1.29 is 22.1 Å². The van der Waals surface area contributed by atoms with Crippen LogP contribution in [0.4, 0.5) is 11.4 Å². The Morgan fingerprint density at radius 1 is 0.923 bits per heavy atom. The third-order valence-corrected chi connectivity index (χ3v) is 4.24. The summed E-state index contributed by atoms with van der Waals surface area (Å²) in [7, 11) is 1.66. The van der Waals surface area contributed by atoms with Gasteiger partial charge in [-0.2, -0.15) is 0 Å². The van der Waals surface area contributed by atoms with Gasteiger partial charge in [-0.05, 0) is 55.0 Å². The summed E-state index contributed by atoms with van der Waals surface area (Å²) in [6, 6.07) is 23.7. The first-order valence-corrected chi connectivity index (χ1v) is 8.41. The zero-order valence-corrected chi connectivity index (χ0v) is 16.1. The van der Waals surface area contributed by atoms with Crippen molar-refractivity contribution in [3.05, 3.63) is 88.9 Å². The van der Waals surface area contributed by atoms with Crippen LogP contribution in [0.3, 0.4) is 0 Å². The second-order valence-electron chi connectivity index (χ2n) is 5.65. The Hall–Kier alpha value is -2.49. The number of anilines is 1. The van der Waals surface area contributed by atoms with Crippen LogP contribution in [0, 0.1) is 6.92 Å². The van der Waals surface area contributed by atoms with Crippen LogP contribution in [-0.4, -0.2) is 12.9 Å². The number of benzene rings is 3. The van der Waals surface area contributed by atoms with Crippen molar-refractivity contribution in [2.24, 2.45) is 0 Å². The van der Waals surface area contributed by atoms with Gasteiger partial charge in [0.25, 0.3) is 5.84 Å². The van der Waals surface area contributed by atoms with Gasteiger partial charge in [0.15, 0.2) is 0 Å². The van der Waals surface area contributed by atoms with E-state index < -0.39 is 0 Å². The largest absolute Gasteiger partial charge is 1.00 e. The smallest absolute Gasteiger partial charge is 0.286 e. The molecule has 0 atom stereocenters. The van der Waals surface area contributed by atoms with Crippen molar-refractivity contribution in [2.45, 2.75) is 6.92 Å². The van der Waals surface area contributed by atoms with Crippen LogP contribution in [0.25, 0.3) is 0 Å². The Kier molecular flexibility index (Phi) is 7.07. The Labute approximate surface area is 165 Å². The van der Waals surface area contributed by atoms with Crippen LogP contribution < -0.4 is 27.5 Å². The number of aryl methyl sites for hydroxylation is 1. The van der Waals surface area contributed by atoms with E-state index in [-0.39, 0.29) is 12.4 Å². The van der Waals surface area contributed by atoms with Gasteiger partial charge in [-0.25, -0.2) is 10.3 Å². The van der Waals surface area contributed by atoms with E-state index in [0.29, 0.717) is 5.02 Å². The van der Waals surface area contributed by atoms with Gasteiger partial charge in [-0.15, -0.1) is 0 Å². The van der Waals surface area contributed by atoms with Crippen LogP contribution in [0.5, 0.6) is 5.75 Å². The molecule has 0 spiro atoms. The first kappa shape index (κ1) is 19.8. The minimum Gasteiger partial charge on any atom is -1.00 e. The molecule has 0 aliphatic heterocycles. The molecule has 0 heterocycles. The lowest BCUT2D eigenvalue weighted by molar-refractivity contribution is -0.353. The summed E-state index contributed by atoms with van der Waals surface area (Å²) in [6.45, 7) is 2.07. The first-order chi connectivity index (χ1) is 12.2. The number of amidine groups is 1. The third kappa shape index (κ3) is 4.78. The molecule has 0 bridgehead atoms. The Morgan fingerprint density at radius 3 is 2.23 bits per heavy atom. The highest BCUT2D eigenvalue weighted by Crippen LogP contribution is 2.19. The molecule has 0 unspecified atom stereocenters. The average molecular weight is 387 g/mol. The molecule has 0 fully saturated rings. The zero-order valence-electron chi connectivity index (χ0n) is 14.6. The van der Waals surface area contributed by atoms with Gasteiger partial charge in [-0.3, -0.25) is 0 Å². The van der Waals surface area contributed by atoms with Gasteiger partial charge < -0.3 is 17.1 Å². The Balaban J connectivity index is 0.00000243. The number of halogens is 2. The summed E-state index contributed by atoms with van der Waals surface area (Å²) in [4.78, 5) is 3.47. The van der Waals surface area contributed by atoms with E-state index in [0.717, 1.165) is 34.1 Å². The molecule has 3 aromatic carbocycles. The molecule has 0 aromatic heterocycles. The Morgan fingerprint density at radius 2 is 1.58 bits per heavy atom. The van der Waals surface area contributed by atoms with E-state index in [2.05, 4.69) is 23.3 Å². The van der Waals surface area contributed by atoms with Crippen molar-refractivity contribution >= 4 is 28.8 Å². The number of nitrogens with one attached hydrogen (secondary N) is 2. The highest BCUT2D eigenvalue weighted by Gasteiger charge is 2.16. The molecule has 26 heavy (non-hydrogen) atoms. The standard InChI is InChI=1S/C21H19ClN2O.ClH/c1-15-7-3-6-10-20(15)24-21(18-8-4-5-9-19(18)22)23-16-11-13-17(25-2)14-12-16;/h3-14H,1-2H3,(H,23,24);1H. The maximum absolute atomic E-state index is 6.42. The normalized spacial score (nSPS) is 10.8. The van der Waals surface area contributed by atoms with Gasteiger partial charge in [0.1, 0.15) is 17.1 Å². The quantitative estimate of drug-likeness (QED) is 0.516. The maximum Gasteiger partial charge on any atom is 0.286 e. The summed E-state index contributed by atoms with van der Waals surface area (Å²) >= 11 is 6.42. The summed E-state index contributed by atoms with van der Waals surface area (Å²) in [5.74, 6) is 1.64. The molecular formula is C21H20Cl2N2O. The maximum atomic E-state index is 6.42. The van der Waals surface area contributed by atoms with E-state index in [4.69, 9.17) is 16.3 Å². The van der Waals surface area contributed by atoms with E-state index >= 15 is 0 Å². The average Bonchev–Trinajstić information content (AvgIpc) is 2.64. The van der Waals surface area contributed by atoms with Crippen molar-refractivity contribution in [1.29, 1.82) is 0 Å². The van der Waals surface area contributed by atoms with Gasteiger partial charge in [0, 0.05) is 0 Å². The third-order valence-electron chi connectivity index (χ3n) is 3.91.